The molecule has 6 rings (SSSR count). The summed E-state index contributed by atoms with van der Waals surface area (Å²) >= 11 is 0. The summed E-state index contributed by atoms with van der Waals surface area (Å²) in [7, 11) is -9.96. The first-order valence-corrected chi connectivity index (χ1v) is 15.6. The molecule has 21 heteroatoms. The van der Waals surface area contributed by atoms with Gasteiger partial charge in [-0.3, -0.25) is 43.6 Å². The maximum atomic E-state index is 13.3. The molecule has 0 aromatic heterocycles. The summed E-state index contributed by atoms with van der Waals surface area (Å²) in [6.07, 6.45) is -8.43. The monoisotopic (exact) mass is 626 g/mol. The summed E-state index contributed by atoms with van der Waals surface area (Å²) in [5.41, 5.74) is -3.22. The number of aliphatic hydroxyl groups excluding tert-OH is 1. The minimum Gasteiger partial charge on any atom is -0.390 e. The van der Waals surface area contributed by atoms with E-state index < -0.39 is 113 Å². The van der Waals surface area contributed by atoms with Crippen molar-refractivity contribution in [3.05, 3.63) is 0 Å². The number of aliphatic hydroxyl groups is 1. The fraction of sp³-hybridized carbons (Fsp3) is 0.800. The van der Waals surface area contributed by atoms with Gasteiger partial charge in [-0.25, -0.2) is 18.7 Å². The molecule has 0 aromatic carbocycles. The maximum Gasteiger partial charge on any atom is 0.472 e. The molecule has 5 heterocycles. The highest BCUT2D eigenvalue weighted by Gasteiger charge is 2.82. The summed E-state index contributed by atoms with van der Waals surface area (Å²) in [6, 6.07) is -4.23. The molecule has 0 radical (unpaired) electrons. The second kappa shape index (κ2) is 9.24. The largest absolute Gasteiger partial charge is 0.472 e. The van der Waals surface area contributed by atoms with Gasteiger partial charge in [-0.15, -0.1) is 0 Å². The molecule has 19 nitrogen and oxygen atoms in total. The molecule has 41 heavy (non-hydrogen) atoms. The van der Waals surface area contributed by atoms with Crippen LogP contribution in [0.1, 0.15) is 26.7 Å². The number of rotatable bonds is 3. The number of phosphoric ester groups is 2. The van der Waals surface area contributed by atoms with Gasteiger partial charge in [-0.2, -0.15) is 0 Å². The van der Waals surface area contributed by atoms with Crippen molar-refractivity contribution in [2.75, 3.05) is 13.2 Å². The molecule has 1 unspecified atom stereocenters. The van der Waals surface area contributed by atoms with Crippen molar-refractivity contribution in [2.45, 2.75) is 75.6 Å². The second-order valence-electron chi connectivity index (χ2n) is 11.1. The van der Waals surface area contributed by atoms with E-state index in [9.17, 15) is 48.1 Å². The highest BCUT2D eigenvalue weighted by Crippen LogP contribution is 2.64. The van der Waals surface area contributed by atoms with Gasteiger partial charge < -0.3 is 29.3 Å². The smallest absolute Gasteiger partial charge is 0.390 e. The first-order valence-electron chi connectivity index (χ1n) is 12.6. The molecular formula is C20H28N4O15P2. The zero-order valence-electron chi connectivity index (χ0n) is 21.5. The van der Waals surface area contributed by atoms with E-state index in [-0.39, 0.29) is 12.8 Å². The number of carbonyl (C=O) groups is 4. The molecule has 6 fully saturated rings. The Kier molecular flexibility index (Phi) is 6.55. The SMILES string of the molecule is C[C@]12C(=O)NC(=O)N3[C@H]1[C@H]1N(C(=O)NC(=O)[C@]12C)[C@H]1C[C@H](O)[C@@H](COP(=O)(O)O[C@H]2C[C@H]3O[C@@H]2COP(=O)(O)O)O1. The lowest BCUT2D eigenvalue weighted by molar-refractivity contribution is -0.242. The minimum absolute atomic E-state index is 0.188. The van der Waals surface area contributed by atoms with Gasteiger partial charge in [0.2, 0.25) is 11.8 Å². The van der Waals surface area contributed by atoms with Crippen molar-refractivity contribution in [2.24, 2.45) is 10.8 Å². The third kappa shape index (κ3) is 4.22. The first-order chi connectivity index (χ1) is 19.0. The van der Waals surface area contributed by atoms with Gasteiger partial charge in [0.05, 0.1) is 42.2 Å². The van der Waals surface area contributed by atoms with Gasteiger partial charge in [0.1, 0.15) is 30.8 Å². The lowest BCUT2D eigenvalue weighted by atomic mass is 9.42. The Labute approximate surface area is 231 Å². The molecule has 5 saturated heterocycles. The Morgan fingerprint density at radius 3 is 2.05 bits per heavy atom. The molecule has 6 N–H and O–H groups in total. The molecule has 4 bridgehead atoms. The molecule has 11 atom stereocenters. The molecule has 6 amide bonds. The number of nitrogens with zero attached hydrogens (tertiary/aromatic N) is 2. The van der Waals surface area contributed by atoms with Crippen LogP contribution in [0, 0.1) is 10.8 Å². The Hall–Kier alpha value is -2.02. The van der Waals surface area contributed by atoms with Gasteiger partial charge in [-0.1, -0.05) is 0 Å². The number of amides is 6. The van der Waals surface area contributed by atoms with Crippen LogP contribution in [-0.2, 0) is 41.8 Å². The van der Waals surface area contributed by atoms with E-state index in [0.717, 1.165) is 9.80 Å². The van der Waals surface area contributed by atoms with E-state index in [2.05, 4.69) is 15.2 Å². The second-order valence-corrected chi connectivity index (χ2v) is 13.8. The number of fused-ring (bicyclic) bond motifs is 7. The van der Waals surface area contributed by atoms with Gasteiger partial charge in [0.15, 0.2) is 0 Å². The van der Waals surface area contributed by atoms with E-state index >= 15 is 0 Å². The van der Waals surface area contributed by atoms with Gasteiger partial charge in [0, 0.05) is 12.8 Å². The van der Waals surface area contributed by atoms with E-state index in [1.807, 2.05) is 0 Å². The summed E-state index contributed by atoms with van der Waals surface area (Å²) < 4.78 is 50.7. The normalized spacial score (nSPS) is 47.8. The highest BCUT2D eigenvalue weighted by molar-refractivity contribution is 7.47. The Bertz CT molecular complexity index is 1310. The number of carbonyl (C=O) groups excluding carboxylic acids is 4. The number of hydrogen-bond acceptors (Lipinski definition) is 12. The third-order valence-electron chi connectivity index (χ3n) is 9.10. The zero-order chi connectivity index (χ0) is 29.9. The number of imide groups is 2. The zero-order valence-corrected chi connectivity index (χ0v) is 23.3. The van der Waals surface area contributed by atoms with Crippen LogP contribution in [0.3, 0.4) is 0 Å². The quantitative estimate of drug-likeness (QED) is 0.186. The van der Waals surface area contributed by atoms with Crippen LogP contribution >= 0.6 is 15.6 Å². The van der Waals surface area contributed by atoms with Crippen molar-refractivity contribution in [3.63, 3.8) is 0 Å². The Morgan fingerprint density at radius 2 is 1.51 bits per heavy atom. The average Bonchev–Trinajstić information content (AvgIpc) is 3.42. The van der Waals surface area contributed by atoms with Crippen molar-refractivity contribution in [3.8, 4) is 0 Å². The maximum absolute atomic E-state index is 13.3. The van der Waals surface area contributed by atoms with Gasteiger partial charge >= 0.3 is 27.7 Å². The standard InChI is InChI=1S/C20H28N4O15P2/c1-19-13-14-20(19,2)16(27)22-18(29)24(14)12-4-8(10(38-12)6-35-40(30,31)32)39-41(33,34)36-5-9-7(25)3-11(37-9)23(13)17(28)21-15(19)26/h7-14,25H,3-6H2,1-2H3,(H,33,34)(H,21,26,28)(H,22,27,29)(H2,30,31,32)/t7-,8-,9+,10+,11+,12+,13+,14-,19-,20+/m0/s1. The summed E-state index contributed by atoms with van der Waals surface area (Å²) in [5.74, 6) is -1.56. The van der Waals surface area contributed by atoms with Crippen molar-refractivity contribution >= 4 is 39.5 Å². The van der Waals surface area contributed by atoms with E-state index in [1.54, 1.807) is 0 Å². The molecule has 6 aliphatic rings. The molecule has 228 valence electrons. The Morgan fingerprint density at radius 1 is 0.976 bits per heavy atom. The number of ether oxygens (including phenoxy) is 2. The van der Waals surface area contributed by atoms with Crippen molar-refractivity contribution in [1.29, 1.82) is 0 Å². The van der Waals surface area contributed by atoms with Crippen molar-refractivity contribution in [1.82, 2.24) is 20.4 Å². The van der Waals surface area contributed by atoms with E-state index in [1.165, 1.54) is 13.8 Å². The van der Waals surface area contributed by atoms with Crippen LogP contribution in [0.5, 0.6) is 0 Å². The van der Waals surface area contributed by atoms with Crippen LogP contribution in [0.2, 0.25) is 0 Å². The van der Waals surface area contributed by atoms with Crippen LogP contribution in [-0.4, -0.2) is 116 Å². The summed E-state index contributed by atoms with van der Waals surface area (Å²) in [5, 5.41) is 15.1. The predicted octanol–water partition coefficient (Wildman–Crippen LogP) is -1.93. The lowest BCUT2D eigenvalue weighted by Gasteiger charge is -2.72. The molecule has 1 saturated carbocycles. The topological polar surface area (TPSA) is 260 Å². The number of hydrogen-bond donors (Lipinski definition) is 6. The van der Waals surface area contributed by atoms with Crippen molar-refractivity contribution < 1.29 is 71.1 Å². The third-order valence-corrected chi connectivity index (χ3v) is 10.6. The first kappa shape index (κ1) is 29.1. The number of urea groups is 2. The fourth-order valence-corrected chi connectivity index (χ4v) is 8.22. The summed E-state index contributed by atoms with van der Waals surface area (Å²) in [4.78, 5) is 84.2. The molecule has 0 spiro atoms. The van der Waals surface area contributed by atoms with Crippen LogP contribution < -0.4 is 10.6 Å². The number of nitrogens with one attached hydrogen (secondary N) is 2. The van der Waals surface area contributed by atoms with E-state index in [4.69, 9.17) is 18.5 Å². The van der Waals surface area contributed by atoms with Gasteiger partial charge in [0.25, 0.3) is 0 Å². The molecule has 0 aromatic rings. The Balaban J connectivity index is 1.46. The molecular weight excluding hydrogens is 598 g/mol. The van der Waals surface area contributed by atoms with Crippen LogP contribution in [0.4, 0.5) is 9.59 Å². The van der Waals surface area contributed by atoms with Crippen LogP contribution in [0.15, 0.2) is 0 Å². The number of phosphoric acid groups is 2. The van der Waals surface area contributed by atoms with E-state index in [0.29, 0.717) is 0 Å². The summed E-state index contributed by atoms with van der Waals surface area (Å²) in [6.45, 7) is 1.42. The molecule has 1 aliphatic carbocycles. The predicted molar refractivity (Wildman–Crippen MR) is 126 cm³/mol. The van der Waals surface area contributed by atoms with Crippen LogP contribution in [0.25, 0.3) is 0 Å². The average molecular weight is 626 g/mol. The van der Waals surface area contributed by atoms with Gasteiger partial charge in [-0.05, 0) is 13.8 Å². The highest BCUT2D eigenvalue weighted by atomic mass is 31.2. The minimum atomic E-state index is -5.03. The fourth-order valence-electron chi connectivity index (χ4n) is 6.91. The lowest BCUT2D eigenvalue weighted by Crippen LogP contribution is -2.92. The molecule has 5 aliphatic heterocycles.